The molecular weight excluding hydrogens is 280 g/mol. The molecular formula is C18H29ClN2. The highest BCUT2D eigenvalue weighted by Crippen LogP contribution is 2.31. The van der Waals surface area contributed by atoms with E-state index in [-0.39, 0.29) is 0 Å². The lowest BCUT2D eigenvalue weighted by Gasteiger charge is -2.39. The Morgan fingerprint density at radius 1 is 1.19 bits per heavy atom. The van der Waals surface area contributed by atoms with Crippen molar-refractivity contribution in [2.24, 2.45) is 0 Å². The van der Waals surface area contributed by atoms with Crippen LogP contribution in [0.1, 0.15) is 57.1 Å². The number of nitrogens with one attached hydrogen (secondary N) is 1. The van der Waals surface area contributed by atoms with Gasteiger partial charge < -0.3 is 5.32 Å². The Kier molecular flexibility index (Phi) is 6.09. The van der Waals surface area contributed by atoms with Gasteiger partial charge in [-0.25, -0.2) is 0 Å². The quantitative estimate of drug-likeness (QED) is 0.823. The highest BCUT2D eigenvalue weighted by Gasteiger charge is 2.30. The molecule has 0 amide bonds. The van der Waals surface area contributed by atoms with E-state index >= 15 is 0 Å². The van der Waals surface area contributed by atoms with E-state index < -0.39 is 0 Å². The third-order valence-corrected chi connectivity index (χ3v) is 5.55. The van der Waals surface area contributed by atoms with E-state index in [0.717, 1.165) is 11.6 Å². The Morgan fingerprint density at radius 2 is 1.81 bits per heavy atom. The van der Waals surface area contributed by atoms with E-state index in [4.69, 9.17) is 11.6 Å². The average Bonchev–Trinajstić information content (AvgIpc) is 2.53. The van der Waals surface area contributed by atoms with Crippen molar-refractivity contribution in [3.63, 3.8) is 0 Å². The second-order valence-electron chi connectivity index (χ2n) is 6.55. The number of halogens is 1. The van der Waals surface area contributed by atoms with Gasteiger partial charge in [0.05, 0.1) is 0 Å². The maximum absolute atomic E-state index is 5.97. The zero-order chi connectivity index (χ0) is 15.3. The molecule has 1 unspecified atom stereocenters. The Bertz CT molecular complexity index is 423. The predicted molar refractivity (Wildman–Crippen MR) is 92.0 cm³/mol. The number of nitrogens with zero attached hydrogens (tertiary/aromatic N) is 1. The van der Waals surface area contributed by atoms with Crippen LogP contribution in [0.2, 0.25) is 5.02 Å². The zero-order valence-electron chi connectivity index (χ0n) is 13.7. The summed E-state index contributed by atoms with van der Waals surface area (Å²) in [6, 6.07) is 8.67. The minimum Gasteiger partial charge on any atom is -0.314 e. The van der Waals surface area contributed by atoms with Crippen LogP contribution in [0, 0.1) is 0 Å². The first-order chi connectivity index (χ1) is 10.1. The van der Waals surface area contributed by atoms with Gasteiger partial charge >= 0.3 is 0 Å². The molecule has 0 spiro atoms. The minimum atomic E-state index is 0.367. The molecule has 1 N–H and O–H groups in total. The summed E-state index contributed by atoms with van der Waals surface area (Å²) in [7, 11) is 4.36. The molecule has 2 rings (SSSR count). The molecule has 1 aromatic carbocycles. The largest absolute Gasteiger partial charge is 0.314 e. The molecule has 1 saturated carbocycles. The van der Waals surface area contributed by atoms with Crippen molar-refractivity contribution in [1.82, 2.24) is 10.2 Å². The third kappa shape index (κ3) is 4.45. The molecule has 1 aliphatic rings. The Morgan fingerprint density at radius 3 is 2.38 bits per heavy atom. The van der Waals surface area contributed by atoms with Gasteiger partial charge in [0.25, 0.3) is 0 Å². The van der Waals surface area contributed by atoms with Crippen molar-refractivity contribution in [3.05, 3.63) is 34.9 Å². The summed E-state index contributed by atoms with van der Waals surface area (Å²) in [4.78, 5) is 2.46. The molecule has 3 heteroatoms. The molecule has 0 aliphatic heterocycles. The number of hydrogen-bond donors (Lipinski definition) is 1. The van der Waals surface area contributed by atoms with Crippen LogP contribution in [0.15, 0.2) is 24.3 Å². The maximum atomic E-state index is 5.97. The molecule has 1 fully saturated rings. The topological polar surface area (TPSA) is 15.3 Å². The first kappa shape index (κ1) is 16.8. The molecule has 0 saturated heterocycles. The molecule has 0 heterocycles. The summed E-state index contributed by atoms with van der Waals surface area (Å²) in [6.45, 7) is 3.40. The van der Waals surface area contributed by atoms with Crippen molar-refractivity contribution in [1.29, 1.82) is 0 Å². The lowest BCUT2D eigenvalue weighted by molar-refractivity contribution is 0.177. The second-order valence-corrected chi connectivity index (χ2v) is 6.99. The van der Waals surface area contributed by atoms with Gasteiger partial charge in [-0.1, -0.05) is 43.0 Å². The van der Waals surface area contributed by atoms with Crippen molar-refractivity contribution >= 4 is 11.6 Å². The predicted octanol–water partition coefficient (Wildman–Crippen LogP) is 4.65. The van der Waals surface area contributed by atoms with Crippen molar-refractivity contribution in [2.75, 3.05) is 20.6 Å². The summed E-state index contributed by atoms with van der Waals surface area (Å²) in [5.41, 5.74) is 1.70. The van der Waals surface area contributed by atoms with Gasteiger partial charge in [-0.05, 0) is 58.0 Å². The molecule has 118 valence electrons. The Labute approximate surface area is 134 Å². The number of rotatable bonds is 6. The van der Waals surface area contributed by atoms with Gasteiger partial charge in [0.2, 0.25) is 0 Å². The molecule has 0 radical (unpaired) electrons. The molecule has 21 heavy (non-hydrogen) atoms. The number of hydrogen-bond acceptors (Lipinski definition) is 2. The lowest BCUT2D eigenvalue weighted by atomic mass is 9.79. The monoisotopic (exact) mass is 308 g/mol. The van der Waals surface area contributed by atoms with Crippen LogP contribution in [0.3, 0.4) is 0 Å². The fraction of sp³-hybridized carbons (Fsp3) is 0.667. The van der Waals surface area contributed by atoms with E-state index in [1.807, 2.05) is 12.1 Å². The first-order valence-corrected chi connectivity index (χ1v) is 8.59. The van der Waals surface area contributed by atoms with Crippen molar-refractivity contribution in [2.45, 2.75) is 57.0 Å². The van der Waals surface area contributed by atoms with Gasteiger partial charge in [0, 0.05) is 23.1 Å². The van der Waals surface area contributed by atoms with Crippen LogP contribution >= 0.6 is 11.6 Å². The van der Waals surface area contributed by atoms with E-state index in [1.165, 1.54) is 44.1 Å². The molecule has 2 nitrogen and oxygen atoms in total. The van der Waals surface area contributed by atoms with Crippen LogP contribution in [-0.4, -0.2) is 31.1 Å². The van der Waals surface area contributed by atoms with Crippen LogP contribution in [0.25, 0.3) is 0 Å². The van der Waals surface area contributed by atoms with E-state index in [9.17, 15) is 0 Å². The van der Waals surface area contributed by atoms with Crippen LogP contribution in [0.4, 0.5) is 0 Å². The second kappa shape index (κ2) is 7.62. The van der Waals surface area contributed by atoms with Gasteiger partial charge in [0.15, 0.2) is 0 Å². The first-order valence-electron chi connectivity index (χ1n) is 8.21. The normalized spacial score (nSPS) is 19.7. The Balaban J connectivity index is 1.91. The highest BCUT2D eigenvalue weighted by atomic mass is 35.5. The standard InChI is InChI=1S/C18H29ClN2/c1-15(16-7-9-17(19)10-8-16)21(3)14-13-18(20-2)11-5-4-6-12-18/h7-10,15,20H,4-6,11-14H2,1-3H3. The van der Waals surface area contributed by atoms with E-state index in [2.05, 4.69) is 43.4 Å². The zero-order valence-corrected chi connectivity index (χ0v) is 14.4. The van der Waals surface area contributed by atoms with Crippen LogP contribution in [0.5, 0.6) is 0 Å². The Hall–Kier alpha value is -0.570. The minimum absolute atomic E-state index is 0.367. The summed E-state index contributed by atoms with van der Waals surface area (Å²) in [6.07, 6.45) is 8.03. The van der Waals surface area contributed by atoms with Gasteiger partial charge in [-0.3, -0.25) is 4.90 Å². The smallest absolute Gasteiger partial charge is 0.0406 e. The SMILES string of the molecule is CNC1(CCN(C)C(C)c2ccc(Cl)cc2)CCCCC1. The summed E-state index contributed by atoms with van der Waals surface area (Å²) < 4.78 is 0. The maximum Gasteiger partial charge on any atom is 0.0406 e. The average molecular weight is 309 g/mol. The molecule has 1 atom stereocenters. The van der Waals surface area contributed by atoms with Crippen LogP contribution in [-0.2, 0) is 0 Å². The van der Waals surface area contributed by atoms with E-state index in [1.54, 1.807) is 0 Å². The highest BCUT2D eigenvalue weighted by molar-refractivity contribution is 6.30. The number of benzene rings is 1. The van der Waals surface area contributed by atoms with Crippen molar-refractivity contribution < 1.29 is 0 Å². The molecule has 0 bridgehead atoms. The lowest BCUT2D eigenvalue weighted by Crippen LogP contribution is -2.46. The van der Waals surface area contributed by atoms with Gasteiger partial charge in [-0.15, -0.1) is 0 Å². The van der Waals surface area contributed by atoms with Gasteiger partial charge in [-0.2, -0.15) is 0 Å². The fourth-order valence-electron chi connectivity index (χ4n) is 3.43. The van der Waals surface area contributed by atoms with Crippen LogP contribution < -0.4 is 5.32 Å². The summed E-state index contributed by atoms with van der Waals surface area (Å²) in [5.74, 6) is 0. The van der Waals surface area contributed by atoms with Gasteiger partial charge in [0.1, 0.15) is 0 Å². The summed E-state index contributed by atoms with van der Waals surface area (Å²) >= 11 is 5.97. The molecule has 1 aliphatic carbocycles. The fourth-order valence-corrected chi connectivity index (χ4v) is 3.56. The third-order valence-electron chi connectivity index (χ3n) is 5.30. The van der Waals surface area contributed by atoms with E-state index in [0.29, 0.717) is 11.6 Å². The summed E-state index contributed by atoms with van der Waals surface area (Å²) in [5, 5.41) is 4.42. The molecule has 0 aromatic heterocycles. The van der Waals surface area contributed by atoms with Crippen molar-refractivity contribution in [3.8, 4) is 0 Å². The molecule has 1 aromatic rings.